The normalized spacial score (nSPS) is 17.5. The molecule has 4 rings (SSSR count). The number of rotatable bonds is 6. The van der Waals surface area contributed by atoms with Crippen molar-refractivity contribution in [3.8, 4) is 11.5 Å². The SMILES string of the molecule is CC(COc1ccc(CC2SC(=O)NC2=O)c2sccc12)c1cc(C(C)(C)C)c(O)c(C(C)(C)C)c1. The lowest BCUT2D eigenvalue weighted by molar-refractivity contribution is -0.118. The van der Waals surface area contributed by atoms with Crippen molar-refractivity contribution < 1.29 is 19.4 Å². The Morgan fingerprint density at radius 3 is 2.22 bits per heavy atom. The van der Waals surface area contributed by atoms with Crippen molar-refractivity contribution in [1.82, 2.24) is 5.32 Å². The number of carbonyl (C=O) groups is 2. The summed E-state index contributed by atoms with van der Waals surface area (Å²) < 4.78 is 7.43. The fourth-order valence-electron chi connectivity index (χ4n) is 4.50. The van der Waals surface area contributed by atoms with E-state index in [4.69, 9.17) is 4.74 Å². The van der Waals surface area contributed by atoms with E-state index in [0.29, 0.717) is 18.8 Å². The van der Waals surface area contributed by atoms with E-state index >= 15 is 0 Å². The first kappa shape index (κ1) is 26.6. The molecule has 2 heterocycles. The number of fused-ring (bicyclic) bond motifs is 1. The summed E-state index contributed by atoms with van der Waals surface area (Å²) in [7, 11) is 0. The van der Waals surface area contributed by atoms with Crippen LogP contribution in [0.2, 0.25) is 0 Å². The molecule has 0 aliphatic carbocycles. The summed E-state index contributed by atoms with van der Waals surface area (Å²) >= 11 is 2.68. The van der Waals surface area contributed by atoms with E-state index in [9.17, 15) is 14.7 Å². The molecule has 1 fully saturated rings. The van der Waals surface area contributed by atoms with Crippen LogP contribution in [0, 0.1) is 0 Å². The molecule has 0 radical (unpaired) electrons. The summed E-state index contributed by atoms with van der Waals surface area (Å²) in [5.74, 6) is 1.10. The number of ether oxygens (including phenoxy) is 1. The number of benzene rings is 2. The summed E-state index contributed by atoms with van der Waals surface area (Å²) in [6.07, 6.45) is 0.509. The van der Waals surface area contributed by atoms with Gasteiger partial charge in [0.05, 0.1) is 11.9 Å². The number of hydrogen-bond donors (Lipinski definition) is 2. The Kier molecular flexibility index (Phi) is 7.19. The van der Waals surface area contributed by atoms with Gasteiger partial charge < -0.3 is 9.84 Å². The van der Waals surface area contributed by atoms with Gasteiger partial charge in [-0.1, -0.05) is 78.4 Å². The van der Waals surface area contributed by atoms with Gasteiger partial charge in [-0.15, -0.1) is 11.3 Å². The highest BCUT2D eigenvalue weighted by Crippen LogP contribution is 2.41. The van der Waals surface area contributed by atoms with Crippen LogP contribution < -0.4 is 10.1 Å². The largest absolute Gasteiger partial charge is 0.507 e. The van der Waals surface area contributed by atoms with Gasteiger partial charge in [0.15, 0.2) is 0 Å². The van der Waals surface area contributed by atoms with Crippen molar-refractivity contribution in [1.29, 1.82) is 0 Å². The Bertz CT molecular complexity index is 1280. The van der Waals surface area contributed by atoms with Crippen LogP contribution in [0.15, 0.2) is 35.7 Å². The average Bonchev–Trinajstić information content (AvgIpc) is 3.38. The summed E-state index contributed by atoms with van der Waals surface area (Å²) in [5, 5.41) is 15.8. The number of phenols is 1. The fraction of sp³-hybridized carbons (Fsp3) is 0.448. The Morgan fingerprint density at radius 2 is 1.67 bits per heavy atom. The van der Waals surface area contributed by atoms with Crippen LogP contribution in [0.3, 0.4) is 0 Å². The summed E-state index contributed by atoms with van der Waals surface area (Å²) in [5.41, 5.74) is 3.74. The first-order valence-electron chi connectivity index (χ1n) is 12.3. The van der Waals surface area contributed by atoms with Crippen molar-refractivity contribution in [3.05, 3.63) is 58.0 Å². The summed E-state index contributed by atoms with van der Waals surface area (Å²) in [6, 6.07) is 10.3. The zero-order valence-corrected chi connectivity index (χ0v) is 23.7. The van der Waals surface area contributed by atoms with E-state index in [0.717, 1.165) is 49.9 Å². The van der Waals surface area contributed by atoms with Gasteiger partial charge in [0, 0.05) is 16.0 Å². The molecule has 7 heteroatoms. The van der Waals surface area contributed by atoms with Crippen molar-refractivity contribution in [2.75, 3.05) is 6.61 Å². The molecule has 0 spiro atoms. The second-order valence-corrected chi connectivity index (χ2v) is 13.7. The maximum atomic E-state index is 12.0. The molecule has 1 aliphatic rings. The Hall–Kier alpha value is -2.51. The minimum atomic E-state index is -0.391. The topological polar surface area (TPSA) is 75.6 Å². The number of thiophene rings is 1. The van der Waals surface area contributed by atoms with E-state index in [1.807, 2.05) is 23.6 Å². The van der Waals surface area contributed by atoms with Crippen LogP contribution in [0.25, 0.3) is 10.1 Å². The van der Waals surface area contributed by atoms with Gasteiger partial charge >= 0.3 is 0 Å². The predicted molar refractivity (Wildman–Crippen MR) is 150 cm³/mol. The van der Waals surface area contributed by atoms with Crippen molar-refractivity contribution in [3.63, 3.8) is 0 Å². The van der Waals surface area contributed by atoms with Crippen molar-refractivity contribution >= 4 is 44.3 Å². The van der Waals surface area contributed by atoms with Crippen molar-refractivity contribution in [2.24, 2.45) is 0 Å². The van der Waals surface area contributed by atoms with Crippen LogP contribution in [0.1, 0.15) is 76.6 Å². The smallest absolute Gasteiger partial charge is 0.286 e. The van der Waals surface area contributed by atoms with Gasteiger partial charge in [-0.3, -0.25) is 14.9 Å². The number of imide groups is 1. The van der Waals surface area contributed by atoms with Crippen molar-refractivity contribution in [2.45, 2.75) is 76.9 Å². The first-order chi connectivity index (χ1) is 16.8. The molecule has 2 aromatic carbocycles. The second-order valence-electron chi connectivity index (χ2n) is 11.7. The lowest BCUT2D eigenvalue weighted by atomic mass is 9.77. The van der Waals surface area contributed by atoms with Crippen LogP contribution >= 0.6 is 23.1 Å². The van der Waals surface area contributed by atoms with E-state index in [1.165, 1.54) is 0 Å². The maximum absolute atomic E-state index is 12.0. The summed E-state index contributed by atoms with van der Waals surface area (Å²) in [4.78, 5) is 23.6. The summed E-state index contributed by atoms with van der Waals surface area (Å²) in [6.45, 7) is 15.4. The molecule has 2 amide bonds. The molecule has 0 bridgehead atoms. The van der Waals surface area contributed by atoms with Crippen LogP contribution in [0.4, 0.5) is 4.79 Å². The third kappa shape index (κ3) is 5.42. The minimum Gasteiger partial charge on any atom is -0.507 e. The van der Waals surface area contributed by atoms with Crippen LogP contribution in [-0.2, 0) is 22.0 Å². The van der Waals surface area contributed by atoms with Crippen LogP contribution in [-0.4, -0.2) is 28.1 Å². The monoisotopic (exact) mass is 525 g/mol. The lowest BCUT2D eigenvalue weighted by Crippen LogP contribution is -2.25. The Labute approximate surface area is 221 Å². The van der Waals surface area contributed by atoms with Gasteiger partial charge in [0.2, 0.25) is 5.91 Å². The first-order valence-corrected chi connectivity index (χ1v) is 14.0. The number of carbonyl (C=O) groups excluding carboxylic acids is 2. The van der Waals surface area contributed by atoms with Gasteiger partial charge in [0.25, 0.3) is 5.24 Å². The number of aromatic hydroxyl groups is 1. The molecule has 36 heavy (non-hydrogen) atoms. The molecular weight excluding hydrogens is 490 g/mol. The highest BCUT2D eigenvalue weighted by molar-refractivity contribution is 8.15. The quantitative estimate of drug-likeness (QED) is 0.354. The molecule has 2 N–H and O–H groups in total. The zero-order chi connectivity index (χ0) is 26.4. The maximum Gasteiger partial charge on any atom is 0.286 e. The Balaban J connectivity index is 1.57. The number of hydrogen-bond acceptors (Lipinski definition) is 6. The number of thioether (sulfide) groups is 1. The Morgan fingerprint density at radius 1 is 1.03 bits per heavy atom. The highest BCUT2D eigenvalue weighted by atomic mass is 32.2. The van der Waals surface area contributed by atoms with Crippen LogP contribution in [0.5, 0.6) is 11.5 Å². The zero-order valence-electron chi connectivity index (χ0n) is 22.0. The number of nitrogens with one attached hydrogen (secondary N) is 1. The molecule has 1 aromatic heterocycles. The third-order valence-electron chi connectivity index (χ3n) is 6.64. The average molecular weight is 526 g/mol. The minimum absolute atomic E-state index is 0.116. The standard InChI is InChI=1S/C29H35NO4S2/c1-16(18-12-20(28(2,3)4)24(31)21(13-18)29(5,6)7)15-34-22-9-8-17(25-19(22)10-11-35-25)14-23-26(32)30-27(33)36-23/h8-13,16,23,31H,14-15H2,1-7H3,(H,30,32,33). The molecule has 5 nitrogen and oxygen atoms in total. The van der Waals surface area contributed by atoms with E-state index in [1.54, 1.807) is 11.3 Å². The molecular formula is C29H35NO4S2. The van der Waals surface area contributed by atoms with E-state index < -0.39 is 5.25 Å². The molecule has 2 atom stereocenters. The fourth-order valence-corrected chi connectivity index (χ4v) is 6.29. The molecule has 3 aromatic rings. The molecule has 2 unspecified atom stereocenters. The molecule has 0 saturated carbocycles. The van der Waals surface area contributed by atoms with Gasteiger partial charge in [-0.2, -0.15) is 0 Å². The number of amides is 2. The highest BCUT2D eigenvalue weighted by Gasteiger charge is 2.32. The van der Waals surface area contributed by atoms with Gasteiger partial charge in [0.1, 0.15) is 11.5 Å². The van der Waals surface area contributed by atoms with E-state index in [2.05, 4.69) is 65.9 Å². The van der Waals surface area contributed by atoms with Gasteiger partial charge in [-0.25, -0.2) is 0 Å². The van der Waals surface area contributed by atoms with E-state index in [-0.39, 0.29) is 27.9 Å². The second kappa shape index (κ2) is 9.75. The molecule has 1 saturated heterocycles. The van der Waals surface area contributed by atoms with Gasteiger partial charge in [-0.05, 0) is 57.0 Å². The lowest BCUT2D eigenvalue weighted by Gasteiger charge is -2.29. The predicted octanol–water partition coefficient (Wildman–Crippen LogP) is 7.28. The third-order valence-corrected chi connectivity index (χ3v) is 8.61. The number of phenolic OH excluding ortho intramolecular Hbond substituents is 1. The molecule has 1 aliphatic heterocycles. The molecule has 192 valence electrons.